The van der Waals surface area contributed by atoms with Crippen molar-refractivity contribution in [2.24, 2.45) is 0 Å². The van der Waals surface area contributed by atoms with Crippen LogP contribution in [0.1, 0.15) is 27.6 Å². The highest BCUT2D eigenvalue weighted by atomic mass is 32.1. The average Bonchev–Trinajstić information content (AvgIpc) is 3.26. The second-order valence-electron chi connectivity index (χ2n) is 6.47. The molecule has 1 amide bonds. The van der Waals surface area contributed by atoms with Gasteiger partial charge in [-0.15, -0.1) is 11.3 Å². The van der Waals surface area contributed by atoms with Crippen LogP contribution in [-0.4, -0.2) is 24.6 Å². The van der Waals surface area contributed by atoms with Crippen molar-refractivity contribution in [2.75, 3.05) is 13.7 Å². The second kappa shape index (κ2) is 7.84. The third-order valence-corrected chi connectivity index (χ3v) is 5.76. The van der Waals surface area contributed by atoms with Crippen LogP contribution in [0.2, 0.25) is 0 Å². The third kappa shape index (κ3) is 3.69. The summed E-state index contributed by atoms with van der Waals surface area (Å²) in [5.41, 5.74) is 3.35. The summed E-state index contributed by atoms with van der Waals surface area (Å²) < 4.78 is 11.0. The summed E-state index contributed by atoms with van der Waals surface area (Å²) >= 11 is 1.66. The first-order chi connectivity index (χ1) is 13.3. The molecule has 27 heavy (non-hydrogen) atoms. The monoisotopic (exact) mass is 379 g/mol. The van der Waals surface area contributed by atoms with E-state index in [0.717, 1.165) is 28.2 Å². The highest BCUT2D eigenvalue weighted by Crippen LogP contribution is 2.38. The van der Waals surface area contributed by atoms with Gasteiger partial charge in [-0.2, -0.15) is 0 Å². The number of benzene rings is 2. The minimum absolute atomic E-state index is 0.122. The van der Waals surface area contributed by atoms with Gasteiger partial charge in [0.05, 0.1) is 13.2 Å². The Morgan fingerprint density at radius 2 is 2.00 bits per heavy atom. The first-order valence-electron chi connectivity index (χ1n) is 8.94. The molecule has 4 nitrogen and oxygen atoms in total. The van der Waals surface area contributed by atoms with Crippen LogP contribution in [0.4, 0.5) is 4.79 Å². The first-order valence-corrected chi connectivity index (χ1v) is 9.82. The molecule has 138 valence electrons. The van der Waals surface area contributed by atoms with E-state index in [4.69, 9.17) is 9.47 Å². The standard InChI is InChI=1S/C22H21NO3S/c1-25-18-9-10-19-17(14-18)11-12-23(21(19)20-8-5-13-27-20)22(24)26-15-16-6-3-2-4-7-16/h2-10,13-14,21H,11-12,15H2,1H3. The van der Waals surface area contributed by atoms with Gasteiger partial charge in [0.25, 0.3) is 0 Å². The fourth-order valence-electron chi connectivity index (χ4n) is 3.48. The van der Waals surface area contributed by atoms with Crippen molar-refractivity contribution in [2.45, 2.75) is 19.1 Å². The van der Waals surface area contributed by atoms with Crippen molar-refractivity contribution >= 4 is 17.4 Å². The summed E-state index contributed by atoms with van der Waals surface area (Å²) in [6, 6.07) is 19.8. The van der Waals surface area contributed by atoms with Gasteiger partial charge < -0.3 is 9.47 Å². The molecule has 0 radical (unpaired) electrons. The average molecular weight is 379 g/mol. The molecule has 0 aliphatic carbocycles. The van der Waals surface area contributed by atoms with Gasteiger partial charge in [0.2, 0.25) is 0 Å². The van der Waals surface area contributed by atoms with E-state index >= 15 is 0 Å². The fourth-order valence-corrected chi connectivity index (χ4v) is 4.34. The van der Waals surface area contributed by atoms with Gasteiger partial charge in [-0.3, -0.25) is 4.90 Å². The van der Waals surface area contributed by atoms with Gasteiger partial charge >= 0.3 is 6.09 Å². The Morgan fingerprint density at radius 3 is 2.74 bits per heavy atom. The summed E-state index contributed by atoms with van der Waals surface area (Å²) in [6.07, 6.45) is 0.508. The molecule has 0 fully saturated rings. The number of hydrogen-bond donors (Lipinski definition) is 0. The topological polar surface area (TPSA) is 38.8 Å². The van der Waals surface area contributed by atoms with E-state index in [1.54, 1.807) is 18.4 Å². The van der Waals surface area contributed by atoms with Crippen molar-refractivity contribution in [1.82, 2.24) is 4.90 Å². The Kier molecular flexibility index (Phi) is 5.12. The molecule has 2 aromatic carbocycles. The lowest BCUT2D eigenvalue weighted by Crippen LogP contribution is -2.40. The van der Waals surface area contributed by atoms with E-state index in [2.05, 4.69) is 18.2 Å². The maximum atomic E-state index is 12.9. The minimum Gasteiger partial charge on any atom is -0.497 e. The van der Waals surface area contributed by atoms with Gasteiger partial charge in [0, 0.05) is 11.4 Å². The van der Waals surface area contributed by atoms with Crippen LogP contribution in [0.25, 0.3) is 0 Å². The summed E-state index contributed by atoms with van der Waals surface area (Å²) in [7, 11) is 1.68. The van der Waals surface area contributed by atoms with Gasteiger partial charge in [-0.05, 0) is 46.7 Å². The molecule has 3 aromatic rings. The Morgan fingerprint density at radius 1 is 1.15 bits per heavy atom. The quantitative estimate of drug-likeness (QED) is 0.637. The molecule has 4 rings (SSSR count). The van der Waals surface area contributed by atoms with Crippen LogP contribution in [0.15, 0.2) is 66.0 Å². The van der Waals surface area contributed by atoms with E-state index in [0.29, 0.717) is 6.54 Å². The molecule has 1 aliphatic rings. The lowest BCUT2D eigenvalue weighted by atomic mass is 9.91. The molecule has 0 saturated carbocycles. The van der Waals surface area contributed by atoms with Gasteiger partial charge in [0.15, 0.2) is 0 Å². The zero-order valence-electron chi connectivity index (χ0n) is 15.1. The largest absolute Gasteiger partial charge is 0.497 e. The van der Waals surface area contributed by atoms with Crippen LogP contribution in [0.5, 0.6) is 5.75 Å². The van der Waals surface area contributed by atoms with Crippen molar-refractivity contribution in [1.29, 1.82) is 0 Å². The van der Waals surface area contributed by atoms with Crippen molar-refractivity contribution < 1.29 is 14.3 Å². The van der Waals surface area contributed by atoms with Gasteiger partial charge in [-0.1, -0.05) is 42.5 Å². The Hall–Kier alpha value is -2.79. The Labute approximate surface area is 163 Å². The predicted octanol–water partition coefficient (Wildman–Crippen LogP) is 5.04. The number of amides is 1. The number of ether oxygens (including phenoxy) is 2. The minimum atomic E-state index is -0.279. The van der Waals surface area contributed by atoms with E-state index < -0.39 is 0 Å². The van der Waals surface area contributed by atoms with Crippen LogP contribution in [-0.2, 0) is 17.8 Å². The van der Waals surface area contributed by atoms with Crippen LogP contribution < -0.4 is 4.74 Å². The molecular formula is C22H21NO3S. The van der Waals surface area contributed by atoms with Gasteiger partial charge in [-0.25, -0.2) is 4.79 Å². The van der Waals surface area contributed by atoms with E-state index in [1.165, 1.54) is 5.56 Å². The van der Waals surface area contributed by atoms with Crippen molar-refractivity contribution in [3.63, 3.8) is 0 Å². The molecule has 1 aliphatic heterocycles. The SMILES string of the molecule is COc1ccc2c(c1)CCN(C(=O)OCc1ccccc1)C2c1cccs1. The zero-order valence-corrected chi connectivity index (χ0v) is 15.9. The van der Waals surface area contributed by atoms with Gasteiger partial charge in [0.1, 0.15) is 12.4 Å². The number of carbonyl (C=O) groups is 1. The highest BCUT2D eigenvalue weighted by molar-refractivity contribution is 7.10. The first kappa shape index (κ1) is 17.6. The smallest absolute Gasteiger partial charge is 0.410 e. The Balaban J connectivity index is 1.60. The number of thiophene rings is 1. The van der Waals surface area contributed by atoms with E-state index in [1.807, 2.05) is 52.7 Å². The molecule has 0 N–H and O–H groups in total. The molecule has 0 bridgehead atoms. The molecule has 2 heterocycles. The third-order valence-electron chi connectivity index (χ3n) is 4.83. The maximum absolute atomic E-state index is 12.9. The number of nitrogens with zero attached hydrogens (tertiary/aromatic N) is 1. The molecule has 1 aromatic heterocycles. The molecule has 5 heteroatoms. The second-order valence-corrected chi connectivity index (χ2v) is 7.45. The van der Waals surface area contributed by atoms with Crippen molar-refractivity contribution in [3.8, 4) is 5.75 Å². The number of carbonyl (C=O) groups excluding carboxylic acids is 1. The highest BCUT2D eigenvalue weighted by Gasteiger charge is 2.33. The number of hydrogen-bond acceptors (Lipinski definition) is 4. The maximum Gasteiger partial charge on any atom is 0.410 e. The fraction of sp³-hybridized carbons (Fsp3) is 0.227. The lowest BCUT2D eigenvalue weighted by Gasteiger charge is -2.36. The number of fused-ring (bicyclic) bond motifs is 1. The normalized spacial score (nSPS) is 15.9. The number of methoxy groups -OCH3 is 1. The van der Waals surface area contributed by atoms with Crippen LogP contribution in [0, 0.1) is 0 Å². The zero-order chi connectivity index (χ0) is 18.6. The summed E-state index contributed by atoms with van der Waals surface area (Å²) in [5.74, 6) is 0.846. The molecular weight excluding hydrogens is 358 g/mol. The summed E-state index contributed by atoms with van der Waals surface area (Å²) in [6.45, 7) is 0.902. The lowest BCUT2D eigenvalue weighted by molar-refractivity contribution is 0.0842. The molecule has 0 spiro atoms. The van der Waals surface area contributed by atoms with Crippen LogP contribution >= 0.6 is 11.3 Å². The summed E-state index contributed by atoms with van der Waals surface area (Å²) in [4.78, 5) is 15.9. The number of rotatable bonds is 4. The molecule has 1 atom stereocenters. The molecule has 0 saturated heterocycles. The molecule has 1 unspecified atom stereocenters. The Bertz CT molecular complexity index is 909. The summed E-state index contributed by atoms with van der Waals surface area (Å²) in [5, 5.41) is 2.04. The van der Waals surface area contributed by atoms with Crippen molar-refractivity contribution in [3.05, 3.63) is 87.6 Å². The van der Waals surface area contributed by atoms with E-state index in [9.17, 15) is 4.79 Å². The van der Waals surface area contributed by atoms with E-state index in [-0.39, 0.29) is 18.7 Å². The predicted molar refractivity (Wildman–Crippen MR) is 106 cm³/mol. The van der Waals surface area contributed by atoms with Crippen LogP contribution in [0.3, 0.4) is 0 Å².